The second kappa shape index (κ2) is 17.6. The largest absolute Gasteiger partial charge is 0.490 e. The quantitative estimate of drug-likeness (QED) is 0.0507. The van der Waals surface area contributed by atoms with Gasteiger partial charge in [0, 0.05) is 11.3 Å². The van der Waals surface area contributed by atoms with Gasteiger partial charge in [-0.15, -0.1) is 6.58 Å². The zero-order valence-corrected chi connectivity index (χ0v) is 27.9. The molecule has 2 amide bonds. The fourth-order valence-electron chi connectivity index (χ4n) is 5.05. The number of urea groups is 1. The van der Waals surface area contributed by atoms with Gasteiger partial charge < -0.3 is 39.4 Å². The lowest BCUT2D eigenvalue weighted by atomic mass is 9.95. The van der Waals surface area contributed by atoms with E-state index in [0.29, 0.717) is 59.5 Å². The Labute approximate surface area is 284 Å². The van der Waals surface area contributed by atoms with Crippen molar-refractivity contribution >= 4 is 18.2 Å². The first-order valence-corrected chi connectivity index (χ1v) is 15.7. The topological polar surface area (TPSA) is 149 Å². The Hall–Kier alpha value is -5.56. The second-order valence-electron chi connectivity index (χ2n) is 10.8. The first kappa shape index (κ1) is 36.3. The summed E-state index contributed by atoms with van der Waals surface area (Å²) in [5.74, 6) is 0.845. The van der Waals surface area contributed by atoms with Gasteiger partial charge in [0.15, 0.2) is 29.2 Å². The molecule has 0 bridgehead atoms. The predicted molar refractivity (Wildman–Crippen MR) is 181 cm³/mol. The number of nitrogens with one attached hydrogen (secondary N) is 3. The van der Waals surface area contributed by atoms with Crippen LogP contribution in [0, 0.1) is 5.82 Å². The van der Waals surface area contributed by atoms with Crippen LogP contribution in [0.3, 0.4) is 0 Å². The molecule has 13 heteroatoms. The number of esters is 1. The maximum Gasteiger partial charge on any atom is 0.337 e. The smallest absolute Gasteiger partial charge is 0.337 e. The van der Waals surface area contributed by atoms with Crippen LogP contribution in [0.25, 0.3) is 0 Å². The van der Waals surface area contributed by atoms with Crippen molar-refractivity contribution in [1.29, 1.82) is 0 Å². The van der Waals surface area contributed by atoms with Gasteiger partial charge in [-0.2, -0.15) is 5.10 Å². The Morgan fingerprint density at radius 1 is 1.04 bits per heavy atom. The predicted octanol–water partition coefficient (Wildman–Crippen LogP) is 5.05. The molecular formula is C36H41FN4O8. The number of rotatable bonds is 17. The second-order valence-corrected chi connectivity index (χ2v) is 10.8. The molecule has 49 heavy (non-hydrogen) atoms. The van der Waals surface area contributed by atoms with Crippen LogP contribution in [-0.4, -0.2) is 56.5 Å². The molecule has 0 unspecified atom stereocenters. The molecule has 0 fully saturated rings. The summed E-state index contributed by atoms with van der Waals surface area (Å²) >= 11 is 0. The highest BCUT2D eigenvalue weighted by molar-refractivity contribution is 5.95. The summed E-state index contributed by atoms with van der Waals surface area (Å²) in [4.78, 5) is 24.7. The van der Waals surface area contributed by atoms with Gasteiger partial charge in [-0.25, -0.2) is 14.0 Å². The maximum atomic E-state index is 13.3. The number of hydrogen-bond acceptors (Lipinski definition) is 10. The molecule has 0 saturated heterocycles. The van der Waals surface area contributed by atoms with E-state index >= 15 is 0 Å². The minimum atomic E-state index is -1.19. The number of carbonyl (C=O) groups excluding carboxylic acids is 2. The zero-order chi connectivity index (χ0) is 35.3. The highest BCUT2D eigenvalue weighted by atomic mass is 19.1. The molecule has 0 radical (unpaired) electrons. The van der Waals surface area contributed by atoms with Crippen molar-refractivity contribution in [2.75, 3.05) is 26.9 Å². The lowest BCUT2D eigenvalue weighted by Crippen LogP contribution is -2.45. The van der Waals surface area contributed by atoms with Crippen LogP contribution < -0.4 is 35.0 Å². The van der Waals surface area contributed by atoms with Crippen molar-refractivity contribution in [2.45, 2.75) is 46.1 Å². The molecular weight excluding hydrogens is 635 g/mol. The lowest BCUT2D eigenvalue weighted by Gasteiger charge is -2.28. The summed E-state index contributed by atoms with van der Waals surface area (Å²) in [5, 5.41) is 20.1. The van der Waals surface area contributed by atoms with Crippen LogP contribution in [-0.2, 0) is 22.6 Å². The summed E-state index contributed by atoms with van der Waals surface area (Å²) < 4.78 is 41.8. The molecule has 4 rings (SSSR count). The van der Waals surface area contributed by atoms with Crippen LogP contribution >= 0.6 is 0 Å². The van der Waals surface area contributed by atoms with Gasteiger partial charge in [-0.3, -0.25) is 5.43 Å². The number of benzene rings is 3. The fraction of sp³-hybridized carbons (Fsp3) is 0.306. The standard InChI is InChI=1S/C36H41FN4O8/c1-6-9-26-16-24(17-30(47-8-3)34(26)49-20-23-10-13-27(37)14-11-23)19-38-41-31(42)21-48-28-15-12-25(18-29(28)46-7-2)33-32(35(43)45-5)22(4)39-36(44)40-33/h6,10-19,31,33,41-42H,1,7-9,20-21H2,2-5H3,(H2,39,40,44)/b38-19-/t31-,33-/m0/s1. The van der Waals surface area contributed by atoms with Gasteiger partial charge in [-0.05, 0) is 80.3 Å². The molecule has 260 valence electrons. The normalized spacial score (nSPS) is 14.8. The van der Waals surface area contributed by atoms with Gasteiger partial charge >= 0.3 is 12.0 Å². The van der Waals surface area contributed by atoms with Crippen molar-refractivity contribution in [3.63, 3.8) is 0 Å². The summed E-state index contributed by atoms with van der Waals surface area (Å²) in [6.45, 7) is 9.89. The molecule has 12 nitrogen and oxygen atoms in total. The van der Waals surface area contributed by atoms with Crippen LogP contribution in [0.5, 0.6) is 23.0 Å². The van der Waals surface area contributed by atoms with Crippen molar-refractivity contribution in [1.82, 2.24) is 16.1 Å². The van der Waals surface area contributed by atoms with Gasteiger partial charge in [0.1, 0.15) is 19.0 Å². The summed E-state index contributed by atoms with van der Waals surface area (Å²) in [5.41, 5.74) is 6.16. The molecule has 0 saturated carbocycles. The lowest BCUT2D eigenvalue weighted by molar-refractivity contribution is -0.136. The monoisotopic (exact) mass is 676 g/mol. The van der Waals surface area contributed by atoms with Crippen molar-refractivity contribution in [3.05, 3.63) is 107 Å². The van der Waals surface area contributed by atoms with Crippen molar-refractivity contribution < 1.29 is 42.8 Å². The van der Waals surface area contributed by atoms with Crippen LogP contribution in [0.4, 0.5) is 9.18 Å². The van der Waals surface area contributed by atoms with E-state index in [-0.39, 0.29) is 24.6 Å². The van der Waals surface area contributed by atoms with E-state index < -0.39 is 24.3 Å². The Morgan fingerprint density at radius 3 is 2.47 bits per heavy atom. The van der Waals surface area contributed by atoms with Crippen LogP contribution in [0.15, 0.2) is 83.6 Å². The molecule has 3 aromatic rings. The Kier molecular flexibility index (Phi) is 13.0. The maximum absolute atomic E-state index is 13.3. The van der Waals surface area contributed by atoms with Gasteiger partial charge in [0.05, 0.1) is 38.2 Å². The van der Waals surface area contributed by atoms with E-state index in [1.54, 1.807) is 56.3 Å². The Morgan fingerprint density at radius 2 is 1.78 bits per heavy atom. The van der Waals surface area contributed by atoms with Gasteiger partial charge in [0.25, 0.3) is 0 Å². The van der Waals surface area contributed by atoms with E-state index in [2.05, 4.69) is 27.7 Å². The average Bonchev–Trinajstić information content (AvgIpc) is 3.08. The van der Waals surface area contributed by atoms with E-state index in [1.165, 1.54) is 25.5 Å². The number of halogens is 1. The number of aliphatic hydroxyl groups excluding tert-OH is 1. The minimum absolute atomic E-state index is 0.185. The van der Waals surface area contributed by atoms with Crippen molar-refractivity contribution in [3.8, 4) is 23.0 Å². The highest BCUT2D eigenvalue weighted by Gasteiger charge is 2.32. The Balaban J connectivity index is 1.44. The minimum Gasteiger partial charge on any atom is -0.490 e. The third kappa shape index (κ3) is 9.73. The SMILES string of the molecule is C=CCc1cc(/C=N\N[C@@H](O)COc2ccc([C@@H]3NC(=O)NC(C)=C3C(=O)OC)cc2OCC)cc(OCC)c1OCc1ccc(F)cc1. The number of ether oxygens (including phenoxy) is 5. The van der Waals surface area contributed by atoms with E-state index in [9.17, 15) is 19.1 Å². The summed E-state index contributed by atoms with van der Waals surface area (Å²) in [7, 11) is 1.27. The summed E-state index contributed by atoms with van der Waals surface area (Å²) in [6.07, 6.45) is 2.58. The zero-order valence-electron chi connectivity index (χ0n) is 27.9. The number of nitrogens with zero attached hydrogens (tertiary/aromatic N) is 1. The molecule has 1 aliphatic rings. The van der Waals surface area contributed by atoms with Gasteiger partial charge in [-0.1, -0.05) is 24.3 Å². The highest BCUT2D eigenvalue weighted by Crippen LogP contribution is 2.36. The molecule has 1 heterocycles. The number of hydrazone groups is 1. The third-order valence-electron chi connectivity index (χ3n) is 7.22. The van der Waals surface area contributed by atoms with Gasteiger partial charge in [0.2, 0.25) is 0 Å². The number of amides is 2. The Bertz CT molecular complexity index is 1690. The molecule has 2 atom stereocenters. The average molecular weight is 677 g/mol. The summed E-state index contributed by atoms with van der Waals surface area (Å²) in [6, 6.07) is 13.5. The third-order valence-corrected chi connectivity index (χ3v) is 7.22. The van der Waals surface area contributed by atoms with E-state index in [0.717, 1.165) is 11.1 Å². The first-order valence-electron chi connectivity index (χ1n) is 15.7. The van der Waals surface area contributed by atoms with Crippen LogP contribution in [0.1, 0.15) is 49.1 Å². The number of hydrogen-bond donors (Lipinski definition) is 4. The number of carbonyl (C=O) groups is 2. The van der Waals surface area contributed by atoms with Crippen LogP contribution in [0.2, 0.25) is 0 Å². The molecule has 0 aliphatic carbocycles. The molecule has 1 aliphatic heterocycles. The van der Waals surface area contributed by atoms with E-state index in [4.69, 9.17) is 23.7 Å². The number of allylic oxidation sites excluding steroid dienone is 2. The fourth-order valence-corrected chi connectivity index (χ4v) is 5.05. The first-order chi connectivity index (χ1) is 23.7. The molecule has 3 aromatic carbocycles. The molecule has 4 N–H and O–H groups in total. The molecule has 0 spiro atoms. The number of methoxy groups -OCH3 is 1. The van der Waals surface area contributed by atoms with Crippen molar-refractivity contribution in [2.24, 2.45) is 5.10 Å². The number of aliphatic hydroxyl groups is 1. The van der Waals surface area contributed by atoms with E-state index in [1.807, 2.05) is 13.0 Å². The molecule has 0 aromatic heterocycles.